The van der Waals surface area contributed by atoms with Crippen molar-refractivity contribution in [2.45, 2.75) is 138 Å². The van der Waals surface area contributed by atoms with Crippen LogP contribution in [-0.4, -0.2) is 231 Å². The number of amides is 9. The van der Waals surface area contributed by atoms with Crippen molar-refractivity contribution in [2.75, 3.05) is 59.0 Å². The molecule has 0 bridgehead atoms. The average Bonchev–Trinajstić information content (AvgIpc) is 1.71. The molecule has 1 aromatic heterocycles. The molecular formula is C60H87N19O13S. The zero-order valence-corrected chi connectivity index (χ0v) is 52.4. The number of β-amino-alcohol motifs (C(OH)–C–C–N with tert-alkyl or cyclic N) is 1. The summed E-state index contributed by atoms with van der Waals surface area (Å²) in [6.45, 7) is -1.85. The van der Waals surface area contributed by atoms with Crippen molar-refractivity contribution in [1.82, 2.24) is 46.2 Å². The molecule has 0 unspecified atom stereocenters. The van der Waals surface area contributed by atoms with E-state index in [0.29, 0.717) is 28.8 Å². The van der Waals surface area contributed by atoms with E-state index < -0.39 is 133 Å². The molecule has 3 fully saturated rings. The van der Waals surface area contributed by atoms with E-state index in [-0.39, 0.29) is 128 Å². The van der Waals surface area contributed by atoms with Gasteiger partial charge in [0, 0.05) is 76.4 Å². The van der Waals surface area contributed by atoms with Crippen LogP contribution in [0.3, 0.4) is 0 Å². The summed E-state index contributed by atoms with van der Waals surface area (Å²) < 4.78 is 0. The summed E-state index contributed by atoms with van der Waals surface area (Å²) >= 11 is 1.26. The van der Waals surface area contributed by atoms with Crippen molar-refractivity contribution in [1.29, 1.82) is 0 Å². The number of thiophene rings is 1. The van der Waals surface area contributed by atoms with E-state index in [9.17, 15) is 58.5 Å². The van der Waals surface area contributed by atoms with Crippen LogP contribution in [0.1, 0.15) is 73.8 Å². The van der Waals surface area contributed by atoms with Crippen LogP contribution >= 0.6 is 11.3 Å². The maximum atomic E-state index is 15.0. The smallest absolute Gasteiger partial charge is 0.326 e. The number of carboxylic acids is 1. The second-order valence-corrected chi connectivity index (χ2v) is 23.9. The van der Waals surface area contributed by atoms with Gasteiger partial charge in [0.2, 0.25) is 53.2 Å². The topological polar surface area (TPSA) is 524 Å². The molecule has 3 aliphatic heterocycles. The molecule has 0 spiro atoms. The van der Waals surface area contributed by atoms with E-state index in [4.69, 9.17) is 40.1 Å². The normalized spacial score (nSPS) is 18.9. The van der Waals surface area contributed by atoms with Crippen LogP contribution in [0.2, 0.25) is 0 Å². The van der Waals surface area contributed by atoms with E-state index in [1.807, 2.05) is 0 Å². The number of hydrogen-bond donors (Lipinski definition) is 15. The van der Waals surface area contributed by atoms with E-state index in [2.05, 4.69) is 41.6 Å². The summed E-state index contributed by atoms with van der Waals surface area (Å²) in [6, 6.07) is 9.20. The minimum Gasteiger partial charge on any atom is -0.480 e. The lowest BCUT2D eigenvalue weighted by Crippen LogP contribution is -2.67. The number of hydrogen-bond acceptors (Lipinski definition) is 17. The van der Waals surface area contributed by atoms with Crippen molar-refractivity contribution in [3.05, 3.63) is 94.2 Å². The SMILES string of the molecule is NC(N)=NCCC[C@@H](N)C(=O)N[C@@H](CCCN=C(N)N)C(=O)N1CCC[C@H]1C(=O)N1C[C@H](O)C[C@H]1C(=O)NCC(=O)N[C@@H](Cc1cccs1)C(=O)N[C@@H](CO)C(=O)N1CCN([C@@H](Cc2ccccc2)C(=O)N[C@@H](CCCN=C(N)N)C(=O)O)C(=O)[C@@H]1Cc1ccccc1. The number of carboxylic acid groups (broad SMARTS) is 1. The molecule has 3 aliphatic rings. The Kier molecular flexibility index (Phi) is 28.1. The monoisotopic (exact) mass is 1310 g/mol. The Hall–Kier alpha value is -9.47. The van der Waals surface area contributed by atoms with Crippen LogP contribution in [0.5, 0.6) is 0 Å². The van der Waals surface area contributed by atoms with Gasteiger partial charge < -0.3 is 102 Å². The molecule has 4 heterocycles. The van der Waals surface area contributed by atoms with Gasteiger partial charge in [-0.1, -0.05) is 66.7 Å². The molecule has 0 radical (unpaired) electrons. The molecule has 33 heteroatoms. The van der Waals surface area contributed by atoms with Crippen LogP contribution in [-0.2, 0) is 67.2 Å². The first-order valence-electron chi connectivity index (χ1n) is 30.7. The van der Waals surface area contributed by atoms with Crippen LogP contribution in [0, 0.1) is 0 Å². The number of rotatable bonds is 34. The van der Waals surface area contributed by atoms with Gasteiger partial charge in [0.25, 0.3) is 0 Å². The fourth-order valence-corrected chi connectivity index (χ4v) is 12.1. The number of guanidine groups is 3. The number of carbonyl (C=O) groups is 10. The molecule has 506 valence electrons. The van der Waals surface area contributed by atoms with Gasteiger partial charge >= 0.3 is 5.97 Å². The number of nitrogens with one attached hydrogen (secondary N) is 5. The predicted octanol–water partition coefficient (Wildman–Crippen LogP) is -5.24. The molecule has 0 saturated carbocycles. The summed E-state index contributed by atoms with van der Waals surface area (Å²) in [7, 11) is 0. The minimum atomic E-state index is -1.68. The van der Waals surface area contributed by atoms with Gasteiger partial charge in [0.05, 0.1) is 25.3 Å². The molecule has 9 amide bonds. The molecule has 0 aliphatic carbocycles. The Bertz CT molecular complexity index is 3130. The van der Waals surface area contributed by atoms with E-state index in [1.54, 1.807) is 78.2 Å². The highest BCUT2D eigenvalue weighted by Gasteiger charge is 2.47. The van der Waals surface area contributed by atoms with Crippen molar-refractivity contribution in [2.24, 2.45) is 55.1 Å². The fourth-order valence-electron chi connectivity index (χ4n) is 11.3. The van der Waals surface area contributed by atoms with E-state index in [1.165, 1.54) is 26.0 Å². The lowest BCUT2D eigenvalue weighted by molar-refractivity contribution is -0.158. The maximum Gasteiger partial charge on any atom is 0.326 e. The zero-order chi connectivity index (χ0) is 67.7. The number of nitrogens with zero attached hydrogens (tertiary/aromatic N) is 7. The number of piperazine rings is 1. The van der Waals surface area contributed by atoms with Gasteiger partial charge in [0.1, 0.15) is 48.3 Å². The Morgan fingerprint density at radius 2 is 1.20 bits per heavy atom. The summed E-state index contributed by atoms with van der Waals surface area (Å²) in [5.74, 6) is -8.64. The van der Waals surface area contributed by atoms with Crippen molar-refractivity contribution in [3.8, 4) is 0 Å². The van der Waals surface area contributed by atoms with Gasteiger partial charge in [-0.2, -0.15) is 0 Å². The molecule has 2 aromatic carbocycles. The zero-order valence-electron chi connectivity index (χ0n) is 51.6. The van der Waals surface area contributed by atoms with Gasteiger partial charge in [-0.15, -0.1) is 11.3 Å². The van der Waals surface area contributed by atoms with Crippen LogP contribution in [0.15, 0.2) is 93.2 Å². The lowest BCUT2D eigenvalue weighted by atomic mass is 9.96. The standard InChI is InChI=1S/C60H87N19O13S/c61-39(17-7-21-68-58(62)63)49(83)73-40(18-8-22-69-59(64)65)53(87)76-24-10-20-44(76)55(89)79-33-37(81)30-46(79)51(85)71-32-48(82)72-42(31-38-16-11-27-93-38)50(84)75-43(34-80)54(88)78-26-25-77(56(90)47(78)29-36-14-5-2-6-15-36)45(28-35-12-3-1-4-13-35)52(86)74-41(57(91)92)19-9-23-70-60(66)67/h1-6,11-16,27,37,39-47,80-81H,7-10,17-26,28-34,61H2,(H,71,85)(H,72,82)(H,73,83)(H,74,86)(H,75,84)(H,91,92)(H4,62,63,68)(H4,64,65,69)(H4,66,67,70)/t37-,39-,40+,41+,42+,43+,44+,45+,46+,47+/m1/s1. The van der Waals surface area contributed by atoms with Gasteiger partial charge in [0.15, 0.2) is 17.9 Å². The number of aliphatic hydroxyl groups excluding tert-OH is 2. The van der Waals surface area contributed by atoms with Crippen molar-refractivity contribution >= 4 is 88.3 Å². The number of aliphatic carboxylic acids is 1. The second kappa shape index (κ2) is 36.0. The lowest BCUT2D eigenvalue weighted by Gasteiger charge is -2.44. The third kappa shape index (κ3) is 21.8. The molecule has 32 nitrogen and oxygen atoms in total. The number of carbonyl (C=O) groups excluding carboxylic acids is 9. The largest absolute Gasteiger partial charge is 0.480 e. The third-order valence-electron chi connectivity index (χ3n) is 16.0. The van der Waals surface area contributed by atoms with Crippen LogP contribution in [0.25, 0.3) is 0 Å². The first-order chi connectivity index (χ1) is 44.4. The third-order valence-corrected chi connectivity index (χ3v) is 16.9. The highest BCUT2D eigenvalue weighted by molar-refractivity contribution is 7.09. The van der Waals surface area contributed by atoms with Gasteiger partial charge in [-0.25, -0.2) is 4.79 Å². The summed E-state index contributed by atoms with van der Waals surface area (Å²) in [4.78, 5) is 158. The fraction of sp³-hybridized carbons (Fsp3) is 0.517. The first kappa shape index (κ1) is 72.6. The van der Waals surface area contributed by atoms with E-state index >= 15 is 4.79 Å². The molecule has 22 N–H and O–H groups in total. The quantitative estimate of drug-likeness (QED) is 0.0151. The predicted molar refractivity (Wildman–Crippen MR) is 343 cm³/mol. The Morgan fingerprint density at radius 1 is 0.624 bits per heavy atom. The number of nitrogens with two attached hydrogens (primary N) is 7. The van der Waals surface area contributed by atoms with Crippen LogP contribution < -0.4 is 66.7 Å². The maximum absolute atomic E-state index is 15.0. The highest BCUT2D eigenvalue weighted by atomic mass is 32.1. The number of likely N-dealkylation sites (tertiary alicyclic amines) is 2. The number of aliphatic imine (C=N–C) groups is 3. The molecule has 10 atom stereocenters. The van der Waals surface area contributed by atoms with Crippen molar-refractivity contribution in [3.63, 3.8) is 0 Å². The summed E-state index contributed by atoms with van der Waals surface area (Å²) in [6.07, 6.45) is -0.0240. The summed E-state index contributed by atoms with van der Waals surface area (Å²) in [5.41, 5.74) is 40.1. The van der Waals surface area contributed by atoms with Crippen molar-refractivity contribution < 1.29 is 63.3 Å². The van der Waals surface area contributed by atoms with E-state index in [0.717, 1.165) is 4.90 Å². The minimum absolute atomic E-state index is 0.0365. The molecule has 93 heavy (non-hydrogen) atoms. The molecule has 3 aromatic rings. The first-order valence-corrected chi connectivity index (χ1v) is 31.6. The van der Waals surface area contributed by atoms with Crippen LogP contribution in [0.4, 0.5) is 0 Å². The molecular weight excluding hydrogens is 1230 g/mol. The molecule has 3 saturated heterocycles. The Morgan fingerprint density at radius 3 is 1.80 bits per heavy atom. The average molecular weight is 1310 g/mol. The molecule has 6 rings (SSSR count). The summed E-state index contributed by atoms with van der Waals surface area (Å²) in [5, 5.41) is 46.5. The second-order valence-electron chi connectivity index (χ2n) is 22.8. The van der Waals surface area contributed by atoms with Gasteiger partial charge in [-0.05, 0) is 73.9 Å². The Balaban J connectivity index is 1.14. The Labute approximate surface area is 541 Å². The highest BCUT2D eigenvalue weighted by Crippen LogP contribution is 2.28. The van der Waals surface area contributed by atoms with Gasteiger partial charge in [-0.3, -0.25) is 58.1 Å². The number of aliphatic hydroxyl groups is 2. The number of benzene rings is 2.